The molecule has 5 heteroatoms. The number of nitrogens with zero attached hydrogens (tertiary/aromatic N) is 4. The molecule has 0 radical (unpaired) electrons. The minimum absolute atomic E-state index is 0.897. The Morgan fingerprint density at radius 2 is 1.78 bits per heavy atom. The molecule has 2 aromatic heterocycles. The molecule has 0 amide bonds. The predicted octanol–water partition coefficient (Wildman–Crippen LogP) is 0.948. The maximum atomic E-state index is 4.67. The Morgan fingerprint density at radius 1 is 1.00 bits per heavy atom. The van der Waals surface area contributed by atoms with E-state index >= 15 is 0 Å². The predicted molar refractivity (Wildman–Crippen MR) is 70.3 cm³/mol. The Labute approximate surface area is 106 Å². The number of hydrogen-bond acceptors (Lipinski definition) is 5. The summed E-state index contributed by atoms with van der Waals surface area (Å²) in [4.78, 5) is 15.2. The molecule has 1 aliphatic heterocycles. The fourth-order valence-electron chi connectivity index (χ4n) is 2.06. The quantitative estimate of drug-likeness (QED) is 0.848. The van der Waals surface area contributed by atoms with Crippen LogP contribution in [-0.2, 0) is 0 Å². The Hall–Kier alpha value is -2.01. The summed E-state index contributed by atoms with van der Waals surface area (Å²) in [7, 11) is 0. The summed E-state index contributed by atoms with van der Waals surface area (Å²) in [5, 5.41) is 3.33. The largest absolute Gasteiger partial charge is 0.353 e. The zero-order valence-electron chi connectivity index (χ0n) is 10.1. The first kappa shape index (κ1) is 11.1. The molecule has 0 unspecified atom stereocenters. The van der Waals surface area contributed by atoms with Crippen molar-refractivity contribution in [3.05, 3.63) is 36.9 Å². The summed E-state index contributed by atoms with van der Waals surface area (Å²) in [5.41, 5.74) is 1.95. The summed E-state index contributed by atoms with van der Waals surface area (Å²) in [6, 6.07) is 3.90. The van der Waals surface area contributed by atoms with Crippen LogP contribution in [0.15, 0.2) is 36.9 Å². The fourth-order valence-corrected chi connectivity index (χ4v) is 2.06. The lowest BCUT2D eigenvalue weighted by molar-refractivity contribution is 0.584. The maximum absolute atomic E-state index is 4.67. The highest BCUT2D eigenvalue weighted by molar-refractivity contribution is 5.59. The van der Waals surface area contributed by atoms with Crippen molar-refractivity contribution >= 4 is 5.82 Å². The van der Waals surface area contributed by atoms with Gasteiger partial charge in [-0.1, -0.05) is 0 Å². The molecular weight excluding hydrogens is 226 g/mol. The van der Waals surface area contributed by atoms with E-state index in [0.717, 1.165) is 43.3 Å². The third kappa shape index (κ3) is 2.31. The number of rotatable bonds is 2. The van der Waals surface area contributed by atoms with Crippen molar-refractivity contribution in [1.82, 2.24) is 20.3 Å². The molecule has 3 rings (SSSR count). The smallest absolute Gasteiger partial charge is 0.147 e. The third-order valence-corrected chi connectivity index (χ3v) is 3.04. The monoisotopic (exact) mass is 241 g/mol. The molecule has 3 heterocycles. The zero-order valence-corrected chi connectivity index (χ0v) is 10.1. The van der Waals surface area contributed by atoms with Crippen LogP contribution in [0.2, 0.25) is 0 Å². The molecule has 0 aliphatic carbocycles. The molecule has 5 nitrogen and oxygen atoms in total. The molecule has 0 saturated carbocycles. The van der Waals surface area contributed by atoms with Crippen molar-refractivity contribution in [1.29, 1.82) is 0 Å². The van der Waals surface area contributed by atoms with E-state index in [-0.39, 0.29) is 0 Å². The van der Waals surface area contributed by atoms with E-state index in [1.54, 1.807) is 18.6 Å². The number of aromatic nitrogens is 3. The van der Waals surface area contributed by atoms with Gasteiger partial charge in [-0.25, -0.2) is 4.98 Å². The fraction of sp³-hybridized carbons (Fsp3) is 0.308. The SMILES string of the molecule is c1cc(-c2cncc(N3CCNCC3)n2)ccn1. The molecule has 1 fully saturated rings. The maximum Gasteiger partial charge on any atom is 0.147 e. The summed E-state index contributed by atoms with van der Waals surface area (Å²) < 4.78 is 0. The van der Waals surface area contributed by atoms with E-state index in [0.29, 0.717) is 0 Å². The van der Waals surface area contributed by atoms with Gasteiger partial charge in [-0.2, -0.15) is 0 Å². The first-order chi connectivity index (χ1) is 8.93. The molecule has 0 spiro atoms. The van der Waals surface area contributed by atoms with E-state index < -0.39 is 0 Å². The van der Waals surface area contributed by atoms with Crippen molar-refractivity contribution in [2.75, 3.05) is 31.1 Å². The molecule has 1 aliphatic rings. The second-order valence-corrected chi connectivity index (χ2v) is 4.24. The van der Waals surface area contributed by atoms with Gasteiger partial charge in [0.25, 0.3) is 0 Å². The molecule has 0 atom stereocenters. The lowest BCUT2D eigenvalue weighted by atomic mass is 10.2. The third-order valence-electron chi connectivity index (χ3n) is 3.04. The number of piperazine rings is 1. The van der Waals surface area contributed by atoms with Crippen molar-refractivity contribution in [3.8, 4) is 11.3 Å². The number of pyridine rings is 1. The van der Waals surface area contributed by atoms with Crippen LogP contribution < -0.4 is 10.2 Å². The first-order valence-corrected chi connectivity index (χ1v) is 6.11. The minimum atomic E-state index is 0.897. The van der Waals surface area contributed by atoms with Crippen molar-refractivity contribution in [2.24, 2.45) is 0 Å². The van der Waals surface area contributed by atoms with E-state index in [2.05, 4.69) is 25.2 Å². The Balaban J connectivity index is 1.89. The van der Waals surface area contributed by atoms with Gasteiger partial charge in [0.05, 0.1) is 18.1 Å². The van der Waals surface area contributed by atoms with Gasteiger partial charge in [-0.15, -0.1) is 0 Å². The van der Waals surface area contributed by atoms with Crippen LogP contribution in [0.1, 0.15) is 0 Å². The van der Waals surface area contributed by atoms with Crippen LogP contribution in [0, 0.1) is 0 Å². The van der Waals surface area contributed by atoms with Gasteiger partial charge in [0, 0.05) is 44.1 Å². The molecule has 1 N–H and O–H groups in total. The van der Waals surface area contributed by atoms with Gasteiger partial charge >= 0.3 is 0 Å². The summed E-state index contributed by atoms with van der Waals surface area (Å²) in [5.74, 6) is 0.950. The highest BCUT2D eigenvalue weighted by Gasteiger charge is 2.12. The van der Waals surface area contributed by atoms with Gasteiger partial charge in [0.2, 0.25) is 0 Å². The molecule has 18 heavy (non-hydrogen) atoms. The molecule has 1 saturated heterocycles. The molecule has 92 valence electrons. The van der Waals surface area contributed by atoms with Crippen molar-refractivity contribution < 1.29 is 0 Å². The van der Waals surface area contributed by atoms with Gasteiger partial charge in [-0.05, 0) is 12.1 Å². The van der Waals surface area contributed by atoms with Gasteiger partial charge in [0.1, 0.15) is 5.82 Å². The van der Waals surface area contributed by atoms with Crippen molar-refractivity contribution in [3.63, 3.8) is 0 Å². The van der Waals surface area contributed by atoms with Crippen LogP contribution >= 0.6 is 0 Å². The average molecular weight is 241 g/mol. The number of anilines is 1. The van der Waals surface area contributed by atoms with Crippen LogP contribution in [0.5, 0.6) is 0 Å². The van der Waals surface area contributed by atoms with Gasteiger partial charge < -0.3 is 10.2 Å². The lowest BCUT2D eigenvalue weighted by Crippen LogP contribution is -2.43. The van der Waals surface area contributed by atoms with Crippen molar-refractivity contribution in [2.45, 2.75) is 0 Å². The highest BCUT2D eigenvalue weighted by atomic mass is 15.2. The summed E-state index contributed by atoms with van der Waals surface area (Å²) in [6.45, 7) is 3.96. The lowest BCUT2D eigenvalue weighted by Gasteiger charge is -2.28. The molecular formula is C13H15N5. The van der Waals surface area contributed by atoms with Crippen LogP contribution in [0.25, 0.3) is 11.3 Å². The van der Waals surface area contributed by atoms with E-state index in [1.807, 2.05) is 18.3 Å². The van der Waals surface area contributed by atoms with E-state index in [4.69, 9.17) is 0 Å². The molecule has 0 bridgehead atoms. The second kappa shape index (κ2) is 5.10. The van der Waals surface area contributed by atoms with Crippen LogP contribution in [0.3, 0.4) is 0 Å². The van der Waals surface area contributed by atoms with Crippen LogP contribution in [0.4, 0.5) is 5.82 Å². The van der Waals surface area contributed by atoms with Gasteiger partial charge in [0.15, 0.2) is 0 Å². The highest BCUT2D eigenvalue weighted by Crippen LogP contribution is 2.18. The van der Waals surface area contributed by atoms with E-state index in [9.17, 15) is 0 Å². The zero-order chi connectivity index (χ0) is 12.2. The normalized spacial score (nSPS) is 15.7. The Kier molecular flexibility index (Phi) is 3.14. The minimum Gasteiger partial charge on any atom is -0.353 e. The van der Waals surface area contributed by atoms with Gasteiger partial charge in [-0.3, -0.25) is 9.97 Å². The summed E-state index contributed by atoms with van der Waals surface area (Å²) >= 11 is 0. The second-order valence-electron chi connectivity index (χ2n) is 4.24. The molecule has 0 aromatic carbocycles. The Bertz CT molecular complexity index is 508. The topological polar surface area (TPSA) is 53.9 Å². The number of nitrogens with one attached hydrogen (secondary N) is 1. The standard InChI is InChI=1S/C13H15N5/c1-3-14-4-2-11(1)12-9-16-10-13(17-12)18-7-5-15-6-8-18/h1-4,9-10,15H,5-8H2. The number of hydrogen-bond donors (Lipinski definition) is 1. The van der Waals surface area contributed by atoms with Crippen LogP contribution in [-0.4, -0.2) is 41.1 Å². The van der Waals surface area contributed by atoms with E-state index in [1.165, 1.54) is 0 Å². The Morgan fingerprint density at radius 3 is 2.56 bits per heavy atom. The summed E-state index contributed by atoms with van der Waals surface area (Å²) in [6.07, 6.45) is 7.17. The first-order valence-electron chi connectivity index (χ1n) is 6.11. The average Bonchev–Trinajstić information content (AvgIpc) is 2.49. The molecule has 2 aromatic rings.